The minimum atomic E-state index is -2.40. The average molecular weight is 732 g/mol. The van der Waals surface area contributed by atoms with Gasteiger partial charge >= 0.3 is 6.03 Å². The van der Waals surface area contributed by atoms with Crippen LogP contribution in [0.5, 0.6) is 0 Å². The molecule has 280 valence electrons. The topological polar surface area (TPSA) is 194 Å². The standard InChI is InChI=1S/C33H59N7O7S2/c1-10-22-14-17-40(24(22)27(42)38-29(25(41)28(43)34-8)48-19-15-21-12-11-13-21)30(44)26(33(5,6)7)37-31(45)36-23(32(2,3)4)20-35-16-18-39(9)49(46)47/h10,21-24,26,29,35H,1,11-20H2,2-9H3,(H,34,43)(H,38,42)(H,46,47)(H2,36,37,45)/p+2/t22?,23-,24+,26-,29?/m1/s1. The molecule has 2 fully saturated rings. The third-order valence-electron chi connectivity index (χ3n) is 9.39. The lowest BCUT2D eigenvalue weighted by molar-refractivity contribution is -0.657. The average Bonchev–Trinajstić information content (AvgIpc) is 3.44. The predicted octanol–water partition coefficient (Wildman–Crippen LogP) is 0.778. The molecule has 0 radical (unpaired) electrons. The number of likely N-dealkylation sites (N-methyl/N-ethyl adjacent to an activating group) is 2. The maximum absolute atomic E-state index is 14.3. The van der Waals surface area contributed by atoms with Crippen LogP contribution in [0.2, 0.25) is 0 Å². The fraction of sp³-hybridized carbons (Fsp3) is 0.788. The Labute approximate surface area is 298 Å². The van der Waals surface area contributed by atoms with Gasteiger partial charge in [0.05, 0.1) is 25.7 Å². The first-order chi connectivity index (χ1) is 22.8. The summed E-state index contributed by atoms with van der Waals surface area (Å²) in [6.45, 7) is 17.1. The number of carbonyl (C=O) groups is 5. The summed E-state index contributed by atoms with van der Waals surface area (Å²) in [5.41, 5.74) is -1.07. The highest BCUT2D eigenvalue weighted by Crippen LogP contribution is 2.32. The molecule has 2 aliphatic rings. The van der Waals surface area contributed by atoms with Gasteiger partial charge in [0.25, 0.3) is 23.0 Å². The van der Waals surface area contributed by atoms with Crippen LogP contribution >= 0.6 is 11.8 Å². The van der Waals surface area contributed by atoms with E-state index in [1.54, 1.807) is 13.1 Å². The molecule has 0 aromatic carbocycles. The van der Waals surface area contributed by atoms with E-state index in [2.05, 4.69) is 27.8 Å². The zero-order valence-electron chi connectivity index (χ0n) is 30.5. The van der Waals surface area contributed by atoms with E-state index < -0.39 is 69.6 Å². The van der Waals surface area contributed by atoms with Crippen LogP contribution in [0.25, 0.3) is 0 Å². The number of hydrogen-bond acceptors (Lipinski definition) is 7. The van der Waals surface area contributed by atoms with Gasteiger partial charge in [0.15, 0.2) is 0 Å². The largest absolute Gasteiger partial charge is 0.352 e. The molecular weight excluding hydrogens is 671 g/mol. The van der Waals surface area contributed by atoms with Gasteiger partial charge in [0, 0.05) is 26.6 Å². The van der Waals surface area contributed by atoms with Crippen LogP contribution in [0.3, 0.4) is 0 Å². The van der Waals surface area contributed by atoms with E-state index in [0.29, 0.717) is 37.7 Å². The van der Waals surface area contributed by atoms with Gasteiger partial charge in [0.2, 0.25) is 11.8 Å². The van der Waals surface area contributed by atoms with Gasteiger partial charge in [0.1, 0.15) is 17.5 Å². The zero-order chi connectivity index (χ0) is 37.1. The maximum Gasteiger partial charge on any atom is 0.315 e. The summed E-state index contributed by atoms with van der Waals surface area (Å²) < 4.78 is 21.8. The minimum Gasteiger partial charge on any atom is -0.352 e. The number of thioether (sulfide) groups is 1. The van der Waals surface area contributed by atoms with E-state index in [-0.39, 0.29) is 18.0 Å². The zero-order valence-corrected chi connectivity index (χ0v) is 32.3. The first-order valence-corrected chi connectivity index (χ1v) is 19.4. The van der Waals surface area contributed by atoms with Gasteiger partial charge in [-0.1, -0.05) is 71.2 Å². The smallest absolute Gasteiger partial charge is 0.315 e. The number of nitrogens with two attached hydrogens (primary N) is 1. The van der Waals surface area contributed by atoms with Crippen molar-refractivity contribution in [3.63, 3.8) is 0 Å². The summed E-state index contributed by atoms with van der Waals surface area (Å²) >= 11 is -1.18. The van der Waals surface area contributed by atoms with Crippen molar-refractivity contribution in [3.8, 4) is 0 Å². The van der Waals surface area contributed by atoms with Crippen LogP contribution in [0.1, 0.15) is 73.6 Å². The Morgan fingerprint density at radius 1 is 1.06 bits per heavy atom. The number of ketones is 1. The lowest BCUT2D eigenvalue weighted by Crippen LogP contribution is -2.89. The van der Waals surface area contributed by atoms with Crippen molar-refractivity contribution < 1.29 is 38.1 Å². The summed E-state index contributed by atoms with van der Waals surface area (Å²) in [6.07, 6.45) is 6.47. The number of hydrogen-bond donors (Lipinski definition) is 6. The van der Waals surface area contributed by atoms with Gasteiger partial charge in [-0.25, -0.2) is 4.79 Å². The number of rotatable bonds is 18. The van der Waals surface area contributed by atoms with Crippen LogP contribution in [0, 0.1) is 22.7 Å². The van der Waals surface area contributed by atoms with Crippen molar-refractivity contribution in [2.45, 2.75) is 97.1 Å². The highest BCUT2D eigenvalue weighted by atomic mass is 32.2. The highest BCUT2D eigenvalue weighted by Gasteiger charge is 2.46. The van der Waals surface area contributed by atoms with E-state index in [4.69, 9.17) is 0 Å². The second-order valence-electron chi connectivity index (χ2n) is 15.2. The quantitative estimate of drug-likeness (QED) is 0.0297. The van der Waals surface area contributed by atoms with Crippen molar-refractivity contribution in [1.82, 2.24) is 30.5 Å². The molecular formula is C33H61N7O7S2+2. The molecule has 0 bridgehead atoms. The summed E-state index contributed by atoms with van der Waals surface area (Å²) in [6, 6.07) is -2.80. The molecule has 5 amide bonds. The van der Waals surface area contributed by atoms with Gasteiger partial charge in [-0.2, -0.15) is 4.55 Å². The Morgan fingerprint density at radius 2 is 1.71 bits per heavy atom. The Morgan fingerprint density at radius 3 is 2.22 bits per heavy atom. The molecule has 7 N–H and O–H groups in total. The molecule has 0 aromatic rings. The minimum absolute atomic E-state index is 0.250. The van der Waals surface area contributed by atoms with Crippen LogP contribution in [0.15, 0.2) is 12.7 Å². The van der Waals surface area contributed by atoms with E-state index in [1.165, 1.54) is 34.4 Å². The van der Waals surface area contributed by atoms with E-state index >= 15 is 0 Å². The summed E-state index contributed by atoms with van der Waals surface area (Å²) in [7, 11) is 2.93. The van der Waals surface area contributed by atoms with Gasteiger partial charge < -0.3 is 31.5 Å². The first-order valence-electron chi connectivity index (χ1n) is 17.2. The van der Waals surface area contributed by atoms with Crippen molar-refractivity contribution in [2.24, 2.45) is 22.7 Å². The number of thiol groups is 1. The van der Waals surface area contributed by atoms with E-state index in [9.17, 15) is 32.7 Å². The number of quaternary nitrogens is 1. The van der Waals surface area contributed by atoms with Crippen molar-refractivity contribution in [1.29, 1.82) is 0 Å². The molecule has 1 aliphatic heterocycles. The summed E-state index contributed by atoms with van der Waals surface area (Å²) in [5, 5.41) is 11.9. The Balaban J connectivity index is 2.20. The Hall–Kier alpha value is -2.53. The molecule has 3 unspecified atom stereocenters. The molecule has 2 rings (SSSR count). The third-order valence-corrected chi connectivity index (χ3v) is 11.3. The Kier molecular flexibility index (Phi) is 16.7. The Bertz CT molecular complexity index is 1200. The number of nitrogens with one attached hydrogen (secondary N) is 4. The molecule has 0 aromatic heterocycles. The van der Waals surface area contributed by atoms with Crippen LogP contribution in [0.4, 0.5) is 4.79 Å². The molecule has 1 aliphatic carbocycles. The SMILES string of the molecule is C=CC1CCN(C(=O)[C@@H](NC(=O)N[C@H](C[NH2+]CCN(C)[SH+](=O)O)C(C)(C)C)C(C)(C)C)[C@@H]1C(=O)NC(SCCC1CCC1)C(=O)C(=O)NC. The van der Waals surface area contributed by atoms with Crippen LogP contribution in [-0.4, -0.2) is 113 Å². The lowest BCUT2D eigenvalue weighted by atomic mass is 9.84. The normalized spacial score (nSPS) is 20.8. The molecule has 1 saturated heterocycles. The maximum atomic E-state index is 14.3. The van der Waals surface area contributed by atoms with Gasteiger partial charge in [-0.15, -0.1) is 18.3 Å². The third kappa shape index (κ3) is 12.9. The number of likely N-dealkylation sites (tertiary alicyclic amines) is 1. The van der Waals surface area contributed by atoms with Crippen molar-refractivity contribution in [3.05, 3.63) is 12.7 Å². The van der Waals surface area contributed by atoms with E-state index in [0.717, 1.165) is 19.3 Å². The lowest BCUT2D eigenvalue weighted by Gasteiger charge is -2.37. The van der Waals surface area contributed by atoms with Gasteiger partial charge in [-0.3, -0.25) is 19.2 Å². The number of carbonyl (C=O) groups excluding carboxylic acids is 5. The first kappa shape index (κ1) is 42.6. The number of urea groups is 1. The second-order valence-corrected chi connectivity index (χ2v) is 17.6. The fourth-order valence-corrected chi connectivity index (χ4v) is 7.29. The fourth-order valence-electron chi connectivity index (χ4n) is 5.84. The summed E-state index contributed by atoms with van der Waals surface area (Å²) in [4.78, 5) is 68.3. The monoisotopic (exact) mass is 731 g/mol. The predicted molar refractivity (Wildman–Crippen MR) is 194 cm³/mol. The van der Waals surface area contributed by atoms with Crippen molar-refractivity contribution in [2.75, 3.05) is 46.0 Å². The molecule has 1 heterocycles. The van der Waals surface area contributed by atoms with Gasteiger partial charge in [-0.05, 0) is 39.6 Å². The molecule has 6 atom stereocenters. The second kappa shape index (κ2) is 19.2. The number of amides is 5. The number of nitrogens with zero attached hydrogens (tertiary/aromatic N) is 2. The molecule has 14 nitrogen and oxygen atoms in total. The van der Waals surface area contributed by atoms with Crippen molar-refractivity contribution >= 4 is 52.6 Å². The van der Waals surface area contributed by atoms with Crippen LogP contribution < -0.4 is 26.6 Å². The highest BCUT2D eigenvalue weighted by molar-refractivity contribution is 8.00. The molecule has 1 saturated carbocycles. The molecule has 16 heteroatoms. The number of Topliss-reactive ketones (excluding diaryl/α,β-unsaturated/α-hetero) is 1. The summed E-state index contributed by atoms with van der Waals surface area (Å²) in [5.74, 6) is -1.73. The van der Waals surface area contributed by atoms with Crippen LogP contribution in [-0.2, 0) is 34.7 Å². The van der Waals surface area contributed by atoms with E-state index in [1.807, 2.05) is 46.9 Å². The molecule has 49 heavy (non-hydrogen) atoms. The molecule has 0 spiro atoms.